The molecule has 17 heavy (non-hydrogen) atoms. The number of nitrogens with zero attached hydrogens (tertiary/aromatic N) is 1. The highest BCUT2D eigenvalue weighted by atomic mass is 35.5. The minimum absolute atomic E-state index is 0. The molecule has 2 heteroatoms. The van der Waals surface area contributed by atoms with Crippen LogP contribution in [0.15, 0.2) is 0 Å². The van der Waals surface area contributed by atoms with Crippen molar-refractivity contribution < 1.29 is 0 Å². The zero-order valence-electron chi connectivity index (χ0n) is 12.5. The number of halogens is 1. The maximum absolute atomic E-state index is 2.45. The van der Waals surface area contributed by atoms with Crippen LogP contribution < -0.4 is 0 Å². The van der Waals surface area contributed by atoms with E-state index in [9.17, 15) is 0 Å². The maximum atomic E-state index is 2.45. The summed E-state index contributed by atoms with van der Waals surface area (Å²) in [6, 6.07) is 0.703. The van der Waals surface area contributed by atoms with Gasteiger partial charge in [0, 0.05) is 6.04 Å². The molecule has 0 radical (unpaired) electrons. The molecular weight excluding hydrogens is 230 g/mol. The summed E-state index contributed by atoms with van der Waals surface area (Å²) >= 11 is 0. The summed E-state index contributed by atoms with van der Waals surface area (Å²) in [5, 5.41) is 0. The van der Waals surface area contributed by atoms with Crippen LogP contribution in [-0.4, -0.2) is 24.5 Å². The lowest BCUT2D eigenvalue weighted by Crippen LogP contribution is -2.27. The number of hydrogen-bond acceptors (Lipinski definition) is 1. The SMILES string of the molecule is CCCCCCCCCCCN(C)C(C)C.Cl. The maximum Gasteiger partial charge on any atom is 0.00355 e. The van der Waals surface area contributed by atoms with Crippen molar-refractivity contribution in [2.75, 3.05) is 13.6 Å². The van der Waals surface area contributed by atoms with Crippen molar-refractivity contribution in [3.8, 4) is 0 Å². The molecule has 0 saturated carbocycles. The lowest BCUT2D eigenvalue weighted by atomic mass is 10.1. The van der Waals surface area contributed by atoms with E-state index in [-0.39, 0.29) is 12.4 Å². The van der Waals surface area contributed by atoms with Crippen molar-refractivity contribution in [1.29, 1.82) is 0 Å². The molecule has 0 saturated heterocycles. The van der Waals surface area contributed by atoms with Gasteiger partial charge < -0.3 is 4.90 Å². The standard InChI is InChI=1S/C15H33N.ClH/c1-5-6-7-8-9-10-11-12-13-14-16(4)15(2)3;/h15H,5-14H2,1-4H3;1H. The van der Waals surface area contributed by atoms with Gasteiger partial charge in [-0.05, 0) is 33.9 Å². The predicted molar refractivity (Wildman–Crippen MR) is 82.2 cm³/mol. The van der Waals surface area contributed by atoms with E-state index in [1.165, 1.54) is 64.3 Å². The Hall–Kier alpha value is 0.250. The fourth-order valence-corrected chi connectivity index (χ4v) is 1.93. The molecule has 0 aromatic rings. The Labute approximate surface area is 116 Å². The molecule has 0 atom stereocenters. The highest BCUT2D eigenvalue weighted by Gasteiger charge is 2.01. The fraction of sp³-hybridized carbons (Fsp3) is 1.00. The van der Waals surface area contributed by atoms with Crippen LogP contribution in [0, 0.1) is 0 Å². The van der Waals surface area contributed by atoms with Crippen LogP contribution in [0.2, 0.25) is 0 Å². The normalized spacial score (nSPS) is 10.9. The average Bonchev–Trinajstić information content (AvgIpc) is 2.26. The minimum atomic E-state index is 0. The number of unbranched alkanes of at least 4 members (excludes halogenated alkanes) is 8. The first-order valence-electron chi connectivity index (χ1n) is 7.38. The molecule has 0 fully saturated rings. The van der Waals surface area contributed by atoms with Gasteiger partial charge in [-0.25, -0.2) is 0 Å². The zero-order chi connectivity index (χ0) is 12.2. The van der Waals surface area contributed by atoms with E-state index in [0.717, 1.165) is 0 Å². The van der Waals surface area contributed by atoms with Gasteiger partial charge in [-0.1, -0.05) is 58.3 Å². The van der Waals surface area contributed by atoms with E-state index in [0.29, 0.717) is 6.04 Å². The molecule has 0 unspecified atom stereocenters. The molecule has 106 valence electrons. The number of rotatable bonds is 11. The van der Waals surface area contributed by atoms with Crippen LogP contribution in [-0.2, 0) is 0 Å². The Kier molecular flexibility index (Phi) is 16.5. The molecule has 0 aliphatic rings. The topological polar surface area (TPSA) is 3.24 Å². The van der Waals surface area contributed by atoms with Crippen molar-refractivity contribution in [3.63, 3.8) is 0 Å². The second-order valence-corrected chi connectivity index (χ2v) is 5.40. The van der Waals surface area contributed by atoms with Crippen molar-refractivity contribution >= 4 is 12.4 Å². The lowest BCUT2D eigenvalue weighted by molar-refractivity contribution is 0.267. The van der Waals surface area contributed by atoms with Crippen molar-refractivity contribution in [2.24, 2.45) is 0 Å². The van der Waals surface area contributed by atoms with E-state index in [1.54, 1.807) is 0 Å². The largest absolute Gasteiger partial charge is 0.304 e. The summed E-state index contributed by atoms with van der Waals surface area (Å²) in [5.41, 5.74) is 0. The van der Waals surface area contributed by atoms with Gasteiger partial charge in [0.1, 0.15) is 0 Å². The van der Waals surface area contributed by atoms with Gasteiger partial charge in [-0.2, -0.15) is 0 Å². The Morgan fingerprint density at radius 1 is 0.765 bits per heavy atom. The van der Waals surface area contributed by atoms with Crippen LogP contribution in [0.4, 0.5) is 0 Å². The highest BCUT2D eigenvalue weighted by Crippen LogP contribution is 2.10. The summed E-state index contributed by atoms with van der Waals surface area (Å²) < 4.78 is 0. The first-order valence-corrected chi connectivity index (χ1v) is 7.38. The smallest absolute Gasteiger partial charge is 0.00355 e. The summed E-state index contributed by atoms with van der Waals surface area (Å²) in [6.45, 7) is 8.10. The zero-order valence-corrected chi connectivity index (χ0v) is 13.3. The lowest BCUT2D eigenvalue weighted by Gasteiger charge is -2.20. The van der Waals surface area contributed by atoms with Gasteiger partial charge >= 0.3 is 0 Å². The van der Waals surface area contributed by atoms with Gasteiger partial charge in [-0.15, -0.1) is 12.4 Å². The summed E-state index contributed by atoms with van der Waals surface area (Å²) in [7, 11) is 2.23. The van der Waals surface area contributed by atoms with Crippen LogP contribution in [0.25, 0.3) is 0 Å². The average molecular weight is 264 g/mol. The van der Waals surface area contributed by atoms with Gasteiger partial charge in [0.15, 0.2) is 0 Å². The van der Waals surface area contributed by atoms with Gasteiger partial charge in [0.05, 0.1) is 0 Å². The summed E-state index contributed by atoms with van der Waals surface area (Å²) in [4.78, 5) is 2.45. The van der Waals surface area contributed by atoms with E-state index in [2.05, 4.69) is 32.7 Å². The van der Waals surface area contributed by atoms with Gasteiger partial charge in [-0.3, -0.25) is 0 Å². The van der Waals surface area contributed by atoms with Crippen LogP contribution in [0.1, 0.15) is 78.6 Å². The molecule has 0 N–H and O–H groups in total. The van der Waals surface area contributed by atoms with E-state index < -0.39 is 0 Å². The molecular formula is C15H34ClN. The third-order valence-electron chi connectivity index (χ3n) is 3.50. The summed E-state index contributed by atoms with van der Waals surface area (Å²) in [5.74, 6) is 0. The molecule has 0 aromatic carbocycles. The molecule has 0 rings (SSSR count). The molecule has 0 spiro atoms. The molecule has 1 nitrogen and oxygen atoms in total. The van der Waals surface area contributed by atoms with Gasteiger partial charge in [0.2, 0.25) is 0 Å². The van der Waals surface area contributed by atoms with Crippen molar-refractivity contribution in [3.05, 3.63) is 0 Å². The Morgan fingerprint density at radius 2 is 1.18 bits per heavy atom. The molecule has 0 aromatic heterocycles. The first kappa shape index (κ1) is 19.6. The Bertz CT molecular complexity index is 137. The monoisotopic (exact) mass is 263 g/mol. The summed E-state index contributed by atoms with van der Waals surface area (Å²) in [6.07, 6.45) is 12.9. The first-order chi connectivity index (χ1) is 7.68. The molecule has 0 aliphatic carbocycles. The predicted octanol–water partition coefficient (Wildman–Crippen LogP) is 5.28. The third-order valence-corrected chi connectivity index (χ3v) is 3.50. The fourth-order valence-electron chi connectivity index (χ4n) is 1.93. The van der Waals surface area contributed by atoms with E-state index >= 15 is 0 Å². The second-order valence-electron chi connectivity index (χ2n) is 5.40. The molecule has 0 aliphatic heterocycles. The molecule has 0 heterocycles. The third kappa shape index (κ3) is 14.2. The Morgan fingerprint density at radius 3 is 1.59 bits per heavy atom. The van der Waals surface area contributed by atoms with Crippen LogP contribution in [0.5, 0.6) is 0 Å². The van der Waals surface area contributed by atoms with Crippen LogP contribution >= 0.6 is 12.4 Å². The number of hydrogen-bond donors (Lipinski definition) is 0. The van der Waals surface area contributed by atoms with Crippen molar-refractivity contribution in [2.45, 2.75) is 84.6 Å². The van der Waals surface area contributed by atoms with Gasteiger partial charge in [0.25, 0.3) is 0 Å². The molecule has 0 amide bonds. The Balaban J connectivity index is 0. The highest BCUT2D eigenvalue weighted by molar-refractivity contribution is 5.85. The van der Waals surface area contributed by atoms with E-state index in [4.69, 9.17) is 0 Å². The second kappa shape index (κ2) is 14.3. The van der Waals surface area contributed by atoms with Crippen molar-refractivity contribution in [1.82, 2.24) is 4.90 Å². The van der Waals surface area contributed by atoms with Crippen LogP contribution in [0.3, 0.4) is 0 Å². The van der Waals surface area contributed by atoms with E-state index in [1.807, 2.05) is 0 Å². The quantitative estimate of drug-likeness (QED) is 0.459. The molecule has 0 bridgehead atoms. The minimum Gasteiger partial charge on any atom is -0.304 e.